The normalized spacial score (nSPS) is 10.7. The van der Waals surface area contributed by atoms with Crippen LogP contribution in [0.25, 0.3) is 186 Å². The summed E-state index contributed by atoms with van der Waals surface area (Å²) in [7, 11) is 0. The quantitative estimate of drug-likeness (QED) is 0.146. The number of benzene rings is 19. The Balaban J connectivity index is 0.000000120. The van der Waals surface area contributed by atoms with Crippen LogP contribution < -0.4 is 16.7 Å². The molecule has 6 aromatic heterocycles. The van der Waals surface area contributed by atoms with Crippen LogP contribution in [0.2, 0.25) is 0 Å². The summed E-state index contributed by atoms with van der Waals surface area (Å²) >= 11 is 0. The molecule has 0 bridgehead atoms. The van der Waals surface area contributed by atoms with Gasteiger partial charge in [0.15, 0.2) is 5.69 Å². The maximum absolute atomic E-state index is 13.9. The molecule has 0 fully saturated rings. The van der Waals surface area contributed by atoms with Gasteiger partial charge in [-0.15, -0.1) is 0 Å². The summed E-state index contributed by atoms with van der Waals surface area (Å²) in [4.78, 5) is 59.9. The highest BCUT2D eigenvalue weighted by Crippen LogP contribution is 2.45. The summed E-state index contributed by atoms with van der Waals surface area (Å²) in [5, 5.41) is 33.2. The number of fused-ring (bicyclic) bond motifs is 12. The molecule has 0 aliphatic carbocycles. The molecule has 19 aromatic carbocycles. The fourth-order valence-electron chi connectivity index (χ4n) is 17.6. The van der Waals surface area contributed by atoms with Crippen LogP contribution in [0.3, 0.4) is 0 Å². The van der Waals surface area contributed by atoms with Crippen molar-refractivity contribution in [3.63, 3.8) is 0 Å². The molecule has 0 amide bonds. The zero-order chi connectivity index (χ0) is 93.4. The molecule has 135 heavy (non-hydrogen) atoms. The fourth-order valence-corrected chi connectivity index (χ4v) is 17.6. The van der Waals surface area contributed by atoms with Gasteiger partial charge in [-0.2, -0.15) is 5.26 Å². The smallest absolute Gasteiger partial charge is 0.264 e. The van der Waals surface area contributed by atoms with Crippen molar-refractivity contribution in [1.29, 1.82) is 15.8 Å². The van der Waals surface area contributed by atoms with Gasteiger partial charge < -0.3 is 0 Å². The Morgan fingerprint density at radius 1 is 0.267 bits per heavy atom. The Kier molecular flexibility index (Phi) is 26.4. The Bertz CT molecular complexity index is 8470. The van der Waals surface area contributed by atoms with E-state index < -0.39 is 0 Å². The first-order valence-corrected chi connectivity index (χ1v) is 44.0. The van der Waals surface area contributed by atoms with Crippen LogP contribution in [-0.2, 0) is 0 Å². The third-order valence-electron chi connectivity index (χ3n) is 23.9. The average Bonchev–Trinajstić information content (AvgIpc) is 1.63. The monoisotopic (exact) mass is 1740 g/mol. The molecule has 0 saturated carbocycles. The number of nitriles is 3. The van der Waals surface area contributed by atoms with E-state index in [1.54, 1.807) is 43.5 Å². The van der Waals surface area contributed by atoms with Gasteiger partial charge in [-0.05, 0) is 178 Å². The minimum atomic E-state index is -0.119. The van der Waals surface area contributed by atoms with Crippen LogP contribution in [0, 0.1) is 69.3 Å². The lowest BCUT2D eigenvalue weighted by molar-refractivity contribution is 1.19. The molecule has 13 heteroatoms. The van der Waals surface area contributed by atoms with Gasteiger partial charge in [-0.3, -0.25) is 27.6 Å². The van der Waals surface area contributed by atoms with Crippen molar-refractivity contribution in [1.82, 2.24) is 28.2 Å². The van der Waals surface area contributed by atoms with Gasteiger partial charge in [0.2, 0.25) is 0 Å². The van der Waals surface area contributed by atoms with Crippen LogP contribution in [0.1, 0.15) is 27.8 Å². The lowest BCUT2D eigenvalue weighted by Gasteiger charge is -2.16. The van der Waals surface area contributed by atoms with E-state index in [-0.39, 0.29) is 16.7 Å². The summed E-state index contributed by atoms with van der Waals surface area (Å²) in [5.41, 5.74) is 25.4. The topological polar surface area (TPSA) is 179 Å². The van der Waals surface area contributed by atoms with Crippen molar-refractivity contribution in [2.75, 3.05) is 0 Å². The molecule has 0 aliphatic rings. The van der Waals surface area contributed by atoms with Gasteiger partial charge in [0.1, 0.15) is 16.9 Å². The Morgan fingerprint density at radius 2 is 0.593 bits per heavy atom. The Hall–Kier alpha value is -18.7. The van der Waals surface area contributed by atoms with E-state index in [2.05, 4.69) is 240 Å². The molecule has 0 N–H and O–H groups in total. The molecule has 0 spiro atoms. The summed E-state index contributed by atoms with van der Waals surface area (Å²) in [5.74, 6) is 0. The fraction of sp³-hybridized carbons (Fsp3) is 0.0328. The lowest BCUT2D eigenvalue weighted by Crippen LogP contribution is -2.13. The Labute approximate surface area is 779 Å². The standard InChI is InChI=1S/2C31H17N3O.C30H18N2O.4C7H8.2CHN/c1-32-21-12-17-26-27(18-21)34-30(33-26)24-15-13-22(19-8-4-2-5-9-19)28-23(20-10-6-3-7-11-20)14-16-25(29(24)28)31(34)35;32-18-19-11-16-27-26(17-19)33-30-24-14-12-22(20-7-3-1-4-8-20)28-23(21-9-5-2-6-10-21)13-15-25(29(24)28)31(35)34(27)30;33-30-24-16-8-14-21-13-7-15-23(27(21)24)29-31-28-25(20-11-5-2-6-12-20)17-22(18-26(28)32(29)30)19-9-3-1-4-10-19;4*1-7-5-3-2-4-6-7;2*1-2/h2-18H;1-17H;1-18H;4*2-6H,1H3;2*1H. The first-order valence-electron chi connectivity index (χ1n) is 44.0. The summed E-state index contributed by atoms with van der Waals surface area (Å²) in [6.07, 6.45) is 0. The number of rotatable bonds is 6. The Morgan fingerprint density at radius 3 is 0.970 bits per heavy atom. The molecular weight excluding hydrogens is 1650 g/mol. The van der Waals surface area contributed by atoms with E-state index in [0.29, 0.717) is 61.0 Å². The van der Waals surface area contributed by atoms with E-state index in [1.807, 2.05) is 218 Å². The molecular formula is C122H86N10O3. The van der Waals surface area contributed by atoms with Crippen LogP contribution in [0.4, 0.5) is 5.69 Å². The minimum Gasteiger partial charge on any atom is -0.268 e. The van der Waals surface area contributed by atoms with Crippen molar-refractivity contribution in [2.45, 2.75) is 27.7 Å². The van der Waals surface area contributed by atoms with Crippen molar-refractivity contribution in [2.24, 2.45) is 0 Å². The van der Waals surface area contributed by atoms with E-state index in [1.165, 1.54) is 22.3 Å². The molecule has 0 aliphatic heterocycles. The van der Waals surface area contributed by atoms with Gasteiger partial charge in [-0.1, -0.05) is 386 Å². The van der Waals surface area contributed by atoms with Crippen LogP contribution in [0.5, 0.6) is 0 Å². The minimum absolute atomic E-state index is 0.0268. The SMILES string of the molecule is C#N.C#N.Cc1ccccc1.Cc1ccccc1.Cc1ccccc1.Cc1ccccc1.N#Cc1ccc2c(c1)nc1c3ccc(-c4ccccc4)c4c(-c5ccccc5)ccc(c(=O)n21)c43.O=c1c2cccc3cccc(c32)c2nc3c(-c4ccccc4)cc(-c4ccccc4)cc3n12.[C-]#[N+]c1ccc2nc3c4ccc(-c5ccccc5)c5c(-c6ccccc6)ccc(c(=O)n3c2c1)c54. The maximum Gasteiger partial charge on any atom is 0.264 e. The van der Waals surface area contributed by atoms with Gasteiger partial charge in [0, 0.05) is 67.2 Å². The molecule has 0 saturated heterocycles. The van der Waals surface area contributed by atoms with Crippen LogP contribution >= 0.6 is 0 Å². The number of aryl methyl sites for hydroxylation is 4. The van der Waals surface area contributed by atoms with Crippen molar-refractivity contribution >= 4 is 120 Å². The average molecular weight is 1740 g/mol. The number of imidazole rings is 3. The predicted octanol–water partition coefficient (Wildman–Crippen LogP) is 29.5. The molecule has 0 atom stereocenters. The highest BCUT2D eigenvalue weighted by atomic mass is 16.1. The second-order valence-electron chi connectivity index (χ2n) is 32.4. The number of aromatic nitrogens is 6. The van der Waals surface area contributed by atoms with E-state index in [0.717, 1.165) is 132 Å². The predicted molar refractivity (Wildman–Crippen MR) is 557 cm³/mol. The van der Waals surface area contributed by atoms with Gasteiger partial charge >= 0.3 is 0 Å². The third-order valence-corrected chi connectivity index (χ3v) is 23.9. The highest BCUT2D eigenvalue weighted by molar-refractivity contribution is 6.25. The molecule has 25 rings (SSSR count). The van der Waals surface area contributed by atoms with Crippen molar-refractivity contribution in [3.05, 3.63) is 507 Å². The van der Waals surface area contributed by atoms with E-state index in [4.69, 9.17) is 32.0 Å². The molecule has 25 aromatic rings. The van der Waals surface area contributed by atoms with E-state index in [9.17, 15) is 19.6 Å². The first-order chi connectivity index (χ1) is 66.4. The maximum atomic E-state index is 13.9. The second kappa shape index (κ2) is 40.3. The third kappa shape index (κ3) is 17.9. The molecule has 13 nitrogen and oxygen atoms in total. The zero-order valence-electron chi connectivity index (χ0n) is 74.4. The summed E-state index contributed by atoms with van der Waals surface area (Å²) in [6, 6.07) is 148. The van der Waals surface area contributed by atoms with Gasteiger partial charge in [0.25, 0.3) is 16.7 Å². The largest absolute Gasteiger partial charge is 0.268 e. The van der Waals surface area contributed by atoms with Crippen LogP contribution in [-0.4, -0.2) is 28.2 Å². The molecule has 6 heterocycles. The van der Waals surface area contributed by atoms with Crippen molar-refractivity contribution in [3.8, 4) is 86.0 Å². The number of nitrogens with zero attached hydrogens (tertiary/aromatic N) is 10. The van der Waals surface area contributed by atoms with Gasteiger partial charge in [0.05, 0.1) is 51.3 Å². The van der Waals surface area contributed by atoms with E-state index >= 15 is 0 Å². The molecule has 0 radical (unpaired) electrons. The van der Waals surface area contributed by atoms with Gasteiger partial charge in [-0.25, -0.2) is 30.3 Å². The summed E-state index contributed by atoms with van der Waals surface area (Å²) < 4.78 is 5.13. The van der Waals surface area contributed by atoms with Crippen LogP contribution in [0.15, 0.2) is 451 Å². The number of hydrogen-bond acceptors (Lipinski definition) is 9. The lowest BCUT2D eigenvalue weighted by atomic mass is 9.88. The number of pyridine rings is 3. The second-order valence-corrected chi connectivity index (χ2v) is 32.4. The first kappa shape index (κ1) is 88.4. The summed E-state index contributed by atoms with van der Waals surface area (Å²) in [6.45, 7) is 22.7. The van der Waals surface area contributed by atoms with Crippen molar-refractivity contribution < 1.29 is 0 Å². The number of hydrogen-bond donors (Lipinski definition) is 0. The highest BCUT2D eigenvalue weighted by Gasteiger charge is 2.25. The molecule has 0 unspecified atom stereocenters. The zero-order valence-corrected chi connectivity index (χ0v) is 74.4. The molecule has 642 valence electrons.